The fraction of sp³-hybridized carbons (Fsp3) is 0.0952. The monoisotopic (exact) mass is 562 g/mol. The number of halogens is 5. The number of hydrogen-bond acceptors (Lipinski definition) is 3. The number of hydrogen-bond donors (Lipinski definition) is 1. The minimum Gasteiger partial charge on any atom is -0.325 e. The second-order valence-corrected chi connectivity index (χ2v) is 10.3. The van der Waals surface area contributed by atoms with Gasteiger partial charge in [0.1, 0.15) is 0 Å². The molecular formula is C21H15BrCl2F2N2O3S. The lowest BCUT2D eigenvalue weighted by molar-refractivity contribution is -0.116. The molecule has 0 aliphatic carbocycles. The van der Waals surface area contributed by atoms with Gasteiger partial charge in [0, 0.05) is 32.8 Å². The molecule has 0 aliphatic rings. The van der Waals surface area contributed by atoms with Crippen LogP contribution in [-0.2, 0) is 21.4 Å². The molecule has 0 spiro atoms. The fourth-order valence-electron chi connectivity index (χ4n) is 2.76. The van der Waals surface area contributed by atoms with Crippen LogP contribution in [0.3, 0.4) is 0 Å². The van der Waals surface area contributed by atoms with Crippen LogP contribution in [0.4, 0.5) is 14.5 Å². The van der Waals surface area contributed by atoms with Crippen LogP contribution >= 0.6 is 39.1 Å². The molecule has 3 aromatic rings. The number of nitrogens with zero attached hydrogens (tertiary/aromatic N) is 1. The van der Waals surface area contributed by atoms with Gasteiger partial charge in [-0.2, -0.15) is 4.31 Å². The molecule has 0 bridgehead atoms. The summed E-state index contributed by atoms with van der Waals surface area (Å²) in [5.41, 5.74) is 0.414. The molecule has 0 saturated carbocycles. The third-order valence-electron chi connectivity index (χ3n) is 4.34. The van der Waals surface area contributed by atoms with Gasteiger partial charge in [-0.1, -0.05) is 45.2 Å². The van der Waals surface area contributed by atoms with Crippen molar-refractivity contribution in [2.24, 2.45) is 0 Å². The van der Waals surface area contributed by atoms with Crippen molar-refractivity contribution in [3.05, 3.63) is 92.4 Å². The summed E-state index contributed by atoms with van der Waals surface area (Å²) >= 11 is 15.4. The van der Waals surface area contributed by atoms with Gasteiger partial charge in [0.15, 0.2) is 11.6 Å². The molecule has 5 nitrogen and oxygen atoms in total. The van der Waals surface area contributed by atoms with Crippen molar-refractivity contribution < 1.29 is 22.0 Å². The van der Waals surface area contributed by atoms with Crippen molar-refractivity contribution in [2.45, 2.75) is 11.4 Å². The zero-order valence-corrected chi connectivity index (χ0v) is 20.1. The van der Waals surface area contributed by atoms with E-state index in [1.807, 2.05) is 0 Å². The Bertz CT molecular complexity index is 1260. The molecule has 32 heavy (non-hydrogen) atoms. The van der Waals surface area contributed by atoms with Crippen molar-refractivity contribution >= 4 is 60.7 Å². The first-order valence-corrected chi connectivity index (χ1v) is 12.0. The maximum Gasteiger partial charge on any atom is 0.243 e. The summed E-state index contributed by atoms with van der Waals surface area (Å²) in [6, 6.07) is 13.3. The Morgan fingerprint density at radius 3 is 2.28 bits per heavy atom. The van der Waals surface area contributed by atoms with E-state index in [4.69, 9.17) is 23.2 Å². The van der Waals surface area contributed by atoms with Crippen molar-refractivity contribution in [1.29, 1.82) is 0 Å². The van der Waals surface area contributed by atoms with Crippen molar-refractivity contribution in [2.75, 3.05) is 11.9 Å². The summed E-state index contributed by atoms with van der Waals surface area (Å²) < 4.78 is 54.7. The number of carbonyl (C=O) groups is 1. The molecule has 0 heterocycles. The van der Waals surface area contributed by atoms with Gasteiger partial charge in [-0.25, -0.2) is 17.2 Å². The predicted molar refractivity (Wildman–Crippen MR) is 123 cm³/mol. The van der Waals surface area contributed by atoms with Crippen LogP contribution in [0, 0.1) is 11.6 Å². The number of rotatable bonds is 7. The van der Waals surface area contributed by atoms with Crippen molar-refractivity contribution in [3.8, 4) is 0 Å². The van der Waals surface area contributed by atoms with E-state index >= 15 is 0 Å². The molecule has 0 radical (unpaired) electrons. The molecule has 1 N–H and O–H groups in total. The van der Waals surface area contributed by atoms with E-state index in [0.717, 1.165) is 16.4 Å². The van der Waals surface area contributed by atoms with Crippen LogP contribution in [-0.4, -0.2) is 25.2 Å². The van der Waals surface area contributed by atoms with Crippen molar-refractivity contribution in [3.63, 3.8) is 0 Å². The fourth-order valence-corrected chi connectivity index (χ4v) is 4.86. The van der Waals surface area contributed by atoms with Gasteiger partial charge in [-0.15, -0.1) is 0 Å². The molecular weight excluding hydrogens is 549 g/mol. The van der Waals surface area contributed by atoms with Crippen LogP contribution in [0.5, 0.6) is 0 Å². The Morgan fingerprint density at radius 2 is 1.66 bits per heavy atom. The van der Waals surface area contributed by atoms with Gasteiger partial charge in [0.2, 0.25) is 15.9 Å². The summed E-state index contributed by atoms with van der Waals surface area (Å²) in [6.07, 6.45) is 0. The predicted octanol–water partition coefficient (Wildman–Crippen LogP) is 5.86. The molecule has 1 amide bonds. The van der Waals surface area contributed by atoms with Gasteiger partial charge >= 0.3 is 0 Å². The lowest BCUT2D eigenvalue weighted by Gasteiger charge is -2.22. The Hall–Kier alpha value is -2.04. The average Bonchev–Trinajstić information content (AvgIpc) is 2.72. The van der Waals surface area contributed by atoms with Crippen LogP contribution < -0.4 is 5.32 Å². The Morgan fingerprint density at radius 1 is 0.969 bits per heavy atom. The number of benzene rings is 3. The maximum absolute atomic E-state index is 13.4. The van der Waals surface area contributed by atoms with E-state index in [1.54, 1.807) is 24.3 Å². The summed E-state index contributed by atoms with van der Waals surface area (Å²) in [5, 5.41) is 2.97. The van der Waals surface area contributed by atoms with E-state index in [-0.39, 0.29) is 22.2 Å². The van der Waals surface area contributed by atoms with Gasteiger partial charge in [0.25, 0.3) is 0 Å². The van der Waals surface area contributed by atoms with E-state index in [2.05, 4.69) is 21.2 Å². The molecule has 0 atom stereocenters. The van der Waals surface area contributed by atoms with E-state index < -0.39 is 34.1 Å². The molecule has 3 rings (SSSR count). The lowest BCUT2D eigenvalue weighted by Crippen LogP contribution is -2.37. The maximum atomic E-state index is 13.4. The molecule has 3 aromatic carbocycles. The first kappa shape index (κ1) is 24.6. The Kier molecular flexibility index (Phi) is 7.89. The van der Waals surface area contributed by atoms with E-state index in [1.165, 1.54) is 24.3 Å². The summed E-state index contributed by atoms with van der Waals surface area (Å²) in [4.78, 5) is 12.5. The number of carbonyl (C=O) groups excluding carboxylic acids is 1. The number of nitrogens with one attached hydrogen (secondary N) is 1. The molecule has 0 unspecified atom stereocenters. The topological polar surface area (TPSA) is 66.5 Å². The zero-order valence-electron chi connectivity index (χ0n) is 16.2. The van der Waals surface area contributed by atoms with Gasteiger partial charge < -0.3 is 5.32 Å². The Balaban J connectivity index is 1.91. The van der Waals surface area contributed by atoms with E-state index in [9.17, 15) is 22.0 Å². The van der Waals surface area contributed by atoms with Crippen molar-refractivity contribution in [1.82, 2.24) is 4.31 Å². The molecule has 0 aromatic heterocycles. The van der Waals surface area contributed by atoms with Gasteiger partial charge in [0.05, 0.1) is 11.4 Å². The highest BCUT2D eigenvalue weighted by Crippen LogP contribution is 2.26. The normalized spacial score (nSPS) is 11.6. The largest absolute Gasteiger partial charge is 0.325 e. The molecule has 11 heteroatoms. The molecule has 0 aliphatic heterocycles. The molecule has 0 fully saturated rings. The number of anilines is 1. The second-order valence-electron chi connectivity index (χ2n) is 6.64. The third-order valence-corrected chi connectivity index (χ3v) is 7.26. The SMILES string of the molecule is O=C(CN(Cc1ccc(Cl)cc1Cl)S(=O)(=O)c1ccc(Br)cc1)Nc1ccc(F)c(F)c1. The van der Waals surface area contributed by atoms with Crippen LogP contribution in [0.2, 0.25) is 10.0 Å². The van der Waals surface area contributed by atoms with Gasteiger partial charge in [-0.05, 0) is 54.1 Å². The van der Waals surface area contributed by atoms with Gasteiger partial charge in [-0.3, -0.25) is 4.79 Å². The highest BCUT2D eigenvalue weighted by atomic mass is 79.9. The first-order valence-electron chi connectivity index (χ1n) is 9.01. The standard InChI is InChI=1S/C21H15BrCl2F2N2O3S/c22-14-2-6-17(7-3-14)32(30,31)28(11-13-1-4-15(23)9-18(13)24)12-21(29)27-16-5-8-19(25)20(26)10-16/h1-10H,11-12H2,(H,27,29). The van der Waals surface area contributed by atoms with E-state index in [0.29, 0.717) is 15.1 Å². The number of amides is 1. The van der Waals surface area contributed by atoms with Crippen LogP contribution in [0.25, 0.3) is 0 Å². The summed E-state index contributed by atoms with van der Waals surface area (Å²) in [5.74, 6) is -2.96. The molecule has 168 valence electrons. The Labute approximate surface area is 202 Å². The third kappa shape index (κ3) is 6.05. The smallest absolute Gasteiger partial charge is 0.243 e. The second kappa shape index (κ2) is 10.3. The van der Waals surface area contributed by atoms with Crippen LogP contribution in [0.15, 0.2) is 70.0 Å². The first-order chi connectivity index (χ1) is 15.1. The lowest BCUT2D eigenvalue weighted by atomic mass is 10.2. The summed E-state index contributed by atoms with van der Waals surface area (Å²) in [6.45, 7) is -0.823. The minimum absolute atomic E-state index is 0.0144. The number of sulfonamides is 1. The highest BCUT2D eigenvalue weighted by Gasteiger charge is 2.28. The van der Waals surface area contributed by atoms with Crippen LogP contribution in [0.1, 0.15) is 5.56 Å². The quantitative estimate of drug-likeness (QED) is 0.391. The average molecular weight is 564 g/mol. The molecule has 0 saturated heterocycles. The zero-order chi connectivity index (χ0) is 23.5. The summed E-state index contributed by atoms with van der Waals surface area (Å²) in [7, 11) is -4.12. The minimum atomic E-state index is -4.12. The highest BCUT2D eigenvalue weighted by molar-refractivity contribution is 9.10.